The highest BCUT2D eigenvalue weighted by molar-refractivity contribution is 8.00. The number of hydrogen-bond donors (Lipinski definition) is 2. The van der Waals surface area contributed by atoms with Crippen LogP contribution < -0.4 is 5.43 Å². The molecule has 0 saturated carbocycles. The van der Waals surface area contributed by atoms with Gasteiger partial charge in [0.1, 0.15) is 5.75 Å². The summed E-state index contributed by atoms with van der Waals surface area (Å²) < 4.78 is 0. The molecule has 1 amide bonds. The van der Waals surface area contributed by atoms with E-state index in [1.54, 1.807) is 24.3 Å². The molecule has 0 saturated heterocycles. The zero-order valence-corrected chi connectivity index (χ0v) is 12.4. The molecule has 0 heterocycles. The normalized spacial score (nSPS) is 12.2. The van der Waals surface area contributed by atoms with E-state index in [4.69, 9.17) is 0 Å². The number of hydrogen-bond acceptors (Lipinski definition) is 4. The average Bonchev–Trinajstić information content (AvgIpc) is 2.48. The van der Waals surface area contributed by atoms with Gasteiger partial charge in [0.2, 0.25) is 0 Å². The number of thioether (sulfide) groups is 1. The number of benzene rings is 2. The molecule has 21 heavy (non-hydrogen) atoms. The third kappa shape index (κ3) is 4.96. The Morgan fingerprint density at radius 2 is 2.00 bits per heavy atom. The van der Waals surface area contributed by atoms with Gasteiger partial charge in [-0.1, -0.05) is 30.3 Å². The van der Waals surface area contributed by atoms with E-state index in [0.29, 0.717) is 0 Å². The third-order valence-corrected chi connectivity index (χ3v) is 3.80. The molecular weight excluding hydrogens is 284 g/mol. The molecule has 4 nitrogen and oxygen atoms in total. The monoisotopic (exact) mass is 300 g/mol. The number of hydrazone groups is 1. The fourth-order valence-electron chi connectivity index (χ4n) is 1.62. The van der Waals surface area contributed by atoms with Crippen LogP contribution in [-0.4, -0.2) is 22.5 Å². The Bertz CT molecular complexity index is 629. The molecule has 108 valence electrons. The maximum Gasteiger partial charge on any atom is 0.253 e. The number of amides is 1. The summed E-state index contributed by atoms with van der Waals surface area (Å²) in [5.41, 5.74) is 3.22. The van der Waals surface area contributed by atoms with E-state index in [1.165, 1.54) is 18.0 Å². The third-order valence-electron chi connectivity index (χ3n) is 2.68. The number of carbonyl (C=O) groups is 1. The standard InChI is InChI=1S/C16H16N2O2S/c1-12(21-15-8-3-2-4-9-15)16(20)18-17-11-13-6-5-7-14(19)10-13/h2-12,19H,1H3,(H,18,20)/b17-11+. The molecule has 0 aliphatic heterocycles. The lowest BCUT2D eigenvalue weighted by Gasteiger charge is -2.08. The quantitative estimate of drug-likeness (QED) is 0.507. The van der Waals surface area contributed by atoms with Crippen molar-refractivity contribution in [3.05, 3.63) is 60.2 Å². The molecule has 2 aromatic rings. The van der Waals surface area contributed by atoms with E-state index in [9.17, 15) is 9.90 Å². The first-order valence-corrected chi connectivity index (χ1v) is 7.37. The first-order valence-electron chi connectivity index (χ1n) is 6.49. The van der Waals surface area contributed by atoms with Crippen LogP contribution in [0, 0.1) is 0 Å². The van der Waals surface area contributed by atoms with Gasteiger partial charge in [-0.15, -0.1) is 11.8 Å². The van der Waals surface area contributed by atoms with Crippen LogP contribution in [0.15, 0.2) is 64.6 Å². The summed E-state index contributed by atoms with van der Waals surface area (Å²) in [6, 6.07) is 16.4. The van der Waals surface area contributed by atoms with Gasteiger partial charge in [0.25, 0.3) is 5.91 Å². The largest absolute Gasteiger partial charge is 0.508 e. The van der Waals surface area contributed by atoms with Crippen LogP contribution in [0.3, 0.4) is 0 Å². The van der Waals surface area contributed by atoms with Crippen molar-refractivity contribution in [2.45, 2.75) is 17.1 Å². The molecule has 1 unspecified atom stereocenters. The Morgan fingerprint density at radius 3 is 2.71 bits per heavy atom. The first kappa shape index (κ1) is 15.1. The van der Waals surface area contributed by atoms with Gasteiger partial charge in [-0.05, 0) is 36.8 Å². The van der Waals surface area contributed by atoms with Crippen molar-refractivity contribution in [1.29, 1.82) is 0 Å². The lowest BCUT2D eigenvalue weighted by Crippen LogP contribution is -2.26. The van der Waals surface area contributed by atoms with Crippen LogP contribution in [-0.2, 0) is 4.79 Å². The van der Waals surface area contributed by atoms with E-state index < -0.39 is 0 Å². The maximum atomic E-state index is 11.9. The number of phenols is 1. The molecule has 0 fully saturated rings. The molecule has 0 aliphatic rings. The smallest absolute Gasteiger partial charge is 0.253 e. The van der Waals surface area contributed by atoms with Crippen molar-refractivity contribution < 1.29 is 9.90 Å². The molecule has 0 bridgehead atoms. The number of carbonyl (C=O) groups excluding carboxylic acids is 1. The van der Waals surface area contributed by atoms with Gasteiger partial charge in [-0.25, -0.2) is 5.43 Å². The predicted octanol–water partition coefficient (Wildman–Crippen LogP) is 3.02. The lowest BCUT2D eigenvalue weighted by molar-refractivity contribution is -0.120. The van der Waals surface area contributed by atoms with Gasteiger partial charge in [0.15, 0.2) is 0 Å². The number of aromatic hydroxyl groups is 1. The average molecular weight is 300 g/mol. The topological polar surface area (TPSA) is 61.7 Å². The molecule has 2 N–H and O–H groups in total. The summed E-state index contributed by atoms with van der Waals surface area (Å²) in [4.78, 5) is 12.9. The van der Waals surface area contributed by atoms with Crippen molar-refractivity contribution in [3.63, 3.8) is 0 Å². The lowest BCUT2D eigenvalue weighted by atomic mass is 10.2. The number of nitrogens with one attached hydrogen (secondary N) is 1. The fraction of sp³-hybridized carbons (Fsp3) is 0.125. The van der Waals surface area contributed by atoms with Crippen molar-refractivity contribution in [2.75, 3.05) is 0 Å². The maximum absolute atomic E-state index is 11.9. The summed E-state index contributed by atoms with van der Waals surface area (Å²) in [5, 5.41) is 13.0. The first-order chi connectivity index (χ1) is 10.1. The highest BCUT2D eigenvalue weighted by Crippen LogP contribution is 2.22. The van der Waals surface area contributed by atoms with Gasteiger partial charge in [-0.3, -0.25) is 4.79 Å². The fourth-order valence-corrected chi connectivity index (χ4v) is 2.51. The summed E-state index contributed by atoms with van der Waals surface area (Å²) in [5.74, 6) is -0.00136. The minimum Gasteiger partial charge on any atom is -0.508 e. The SMILES string of the molecule is CC(Sc1ccccc1)C(=O)N/N=C/c1cccc(O)c1. The zero-order chi connectivity index (χ0) is 15.1. The van der Waals surface area contributed by atoms with Crippen LogP contribution >= 0.6 is 11.8 Å². The van der Waals surface area contributed by atoms with Crippen LogP contribution in [0.4, 0.5) is 0 Å². The molecule has 0 radical (unpaired) electrons. The minimum atomic E-state index is -0.242. The molecule has 0 aliphatic carbocycles. The Morgan fingerprint density at radius 1 is 1.24 bits per heavy atom. The summed E-state index contributed by atoms with van der Waals surface area (Å²) >= 11 is 1.47. The van der Waals surface area contributed by atoms with Gasteiger partial charge >= 0.3 is 0 Å². The van der Waals surface area contributed by atoms with Crippen molar-refractivity contribution >= 4 is 23.9 Å². The van der Waals surface area contributed by atoms with Crippen LogP contribution in [0.1, 0.15) is 12.5 Å². The molecule has 0 spiro atoms. The van der Waals surface area contributed by atoms with Gasteiger partial charge in [0, 0.05) is 4.90 Å². The van der Waals surface area contributed by atoms with E-state index in [-0.39, 0.29) is 16.9 Å². The second-order valence-electron chi connectivity index (χ2n) is 4.40. The molecule has 5 heteroatoms. The number of rotatable bonds is 5. The highest BCUT2D eigenvalue weighted by Gasteiger charge is 2.13. The summed E-state index contributed by atoms with van der Waals surface area (Å²) in [6.07, 6.45) is 1.50. The summed E-state index contributed by atoms with van der Waals surface area (Å²) in [7, 11) is 0. The van der Waals surface area contributed by atoms with E-state index in [1.807, 2.05) is 37.3 Å². The highest BCUT2D eigenvalue weighted by atomic mass is 32.2. The van der Waals surface area contributed by atoms with Crippen molar-refractivity contribution in [2.24, 2.45) is 5.10 Å². The van der Waals surface area contributed by atoms with E-state index in [0.717, 1.165) is 10.5 Å². The van der Waals surface area contributed by atoms with E-state index in [2.05, 4.69) is 10.5 Å². The second kappa shape index (κ2) is 7.50. The Hall–Kier alpha value is -2.27. The molecule has 0 aromatic heterocycles. The van der Waals surface area contributed by atoms with Crippen LogP contribution in [0.25, 0.3) is 0 Å². The Kier molecular flexibility index (Phi) is 5.40. The molecule has 2 aromatic carbocycles. The second-order valence-corrected chi connectivity index (χ2v) is 5.82. The molecule has 2 rings (SSSR count). The van der Waals surface area contributed by atoms with Crippen LogP contribution in [0.2, 0.25) is 0 Å². The van der Waals surface area contributed by atoms with Crippen molar-refractivity contribution in [3.8, 4) is 5.75 Å². The summed E-state index contributed by atoms with van der Waals surface area (Å²) in [6.45, 7) is 1.83. The number of nitrogens with zero attached hydrogens (tertiary/aromatic N) is 1. The molecular formula is C16H16N2O2S. The number of phenolic OH excluding ortho intramolecular Hbond substituents is 1. The van der Waals surface area contributed by atoms with Crippen molar-refractivity contribution in [1.82, 2.24) is 5.43 Å². The van der Waals surface area contributed by atoms with Gasteiger partial charge in [-0.2, -0.15) is 5.10 Å². The van der Waals surface area contributed by atoms with Crippen LogP contribution in [0.5, 0.6) is 5.75 Å². The molecule has 1 atom stereocenters. The zero-order valence-electron chi connectivity index (χ0n) is 11.6. The van der Waals surface area contributed by atoms with Gasteiger partial charge < -0.3 is 5.11 Å². The van der Waals surface area contributed by atoms with Gasteiger partial charge in [0.05, 0.1) is 11.5 Å². The van der Waals surface area contributed by atoms with E-state index >= 15 is 0 Å². The Balaban J connectivity index is 1.86. The predicted molar refractivity (Wildman–Crippen MR) is 85.6 cm³/mol. The minimum absolute atomic E-state index is 0.165. The Labute approximate surface area is 127 Å².